The molecule has 0 aliphatic carbocycles. The highest BCUT2D eigenvalue weighted by atomic mass is 19.2. The topological polar surface area (TPSA) is 79.9 Å². The highest BCUT2D eigenvalue weighted by Crippen LogP contribution is 2.24. The Morgan fingerprint density at radius 1 is 1.19 bits per heavy atom. The first-order chi connectivity index (χ1) is 14.9. The first-order valence-electron chi connectivity index (χ1n) is 9.85. The third kappa shape index (κ3) is 5.49. The predicted molar refractivity (Wildman–Crippen MR) is 110 cm³/mol. The predicted octanol–water partition coefficient (Wildman–Crippen LogP) is 1.99. The smallest absolute Gasteiger partial charge is 0.237 e. The summed E-state index contributed by atoms with van der Waals surface area (Å²) in [5, 5.41) is 5.50. The minimum atomic E-state index is -0.944. The van der Waals surface area contributed by atoms with Crippen LogP contribution in [-0.4, -0.2) is 50.1 Å². The maximum atomic E-state index is 14.1. The summed E-state index contributed by atoms with van der Waals surface area (Å²) in [5.41, 5.74) is 0.864. The van der Waals surface area contributed by atoms with Crippen molar-refractivity contribution in [3.8, 4) is 11.5 Å². The highest BCUT2D eigenvalue weighted by molar-refractivity contribution is 5.88. The van der Waals surface area contributed by atoms with E-state index in [1.807, 2.05) is 0 Å². The number of halogens is 2. The molecule has 1 atom stereocenters. The molecule has 0 unspecified atom stereocenters. The maximum Gasteiger partial charge on any atom is 0.237 e. The molecule has 0 bridgehead atoms. The summed E-state index contributed by atoms with van der Waals surface area (Å²) in [6.07, 6.45) is -0.116. The molecule has 1 fully saturated rings. The van der Waals surface area contributed by atoms with Crippen molar-refractivity contribution in [1.82, 2.24) is 15.5 Å². The molecule has 2 amide bonds. The van der Waals surface area contributed by atoms with Gasteiger partial charge in [-0.3, -0.25) is 14.5 Å². The SMILES string of the molecule is COc1ccc(OC)c(CNC(=O)C[C@H]2C(=O)NCCN2Cc2cccc(F)c2F)c1. The molecule has 1 heterocycles. The van der Waals surface area contributed by atoms with Crippen molar-refractivity contribution in [2.24, 2.45) is 0 Å². The lowest BCUT2D eigenvalue weighted by Crippen LogP contribution is -2.56. The molecule has 2 N–H and O–H groups in total. The molecule has 7 nitrogen and oxygen atoms in total. The normalized spacial score (nSPS) is 16.5. The molecule has 1 aliphatic heterocycles. The minimum Gasteiger partial charge on any atom is -0.497 e. The van der Waals surface area contributed by atoms with Crippen LogP contribution in [0.25, 0.3) is 0 Å². The van der Waals surface area contributed by atoms with Crippen LogP contribution >= 0.6 is 0 Å². The first kappa shape index (κ1) is 22.5. The van der Waals surface area contributed by atoms with Gasteiger partial charge in [0.25, 0.3) is 0 Å². The summed E-state index contributed by atoms with van der Waals surface area (Å²) in [7, 11) is 3.07. The van der Waals surface area contributed by atoms with Crippen LogP contribution in [0.4, 0.5) is 8.78 Å². The van der Waals surface area contributed by atoms with Crippen molar-refractivity contribution in [3.63, 3.8) is 0 Å². The van der Waals surface area contributed by atoms with Crippen LogP contribution in [0.15, 0.2) is 36.4 Å². The number of nitrogens with one attached hydrogen (secondary N) is 2. The zero-order valence-electron chi connectivity index (χ0n) is 17.4. The van der Waals surface area contributed by atoms with Gasteiger partial charge in [0.05, 0.1) is 26.7 Å². The van der Waals surface area contributed by atoms with Gasteiger partial charge in [-0.05, 0) is 24.3 Å². The van der Waals surface area contributed by atoms with Gasteiger partial charge in [0, 0.05) is 37.3 Å². The van der Waals surface area contributed by atoms with Crippen molar-refractivity contribution in [2.75, 3.05) is 27.3 Å². The van der Waals surface area contributed by atoms with Crippen molar-refractivity contribution in [1.29, 1.82) is 0 Å². The van der Waals surface area contributed by atoms with Crippen molar-refractivity contribution in [3.05, 3.63) is 59.2 Å². The first-order valence-corrected chi connectivity index (χ1v) is 9.85. The molecule has 3 rings (SSSR count). The summed E-state index contributed by atoms with van der Waals surface area (Å²) in [6, 6.07) is 8.39. The Labute approximate surface area is 179 Å². The molecule has 2 aromatic carbocycles. The number of benzene rings is 2. The van der Waals surface area contributed by atoms with Crippen LogP contribution < -0.4 is 20.1 Å². The standard InChI is InChI=1S/C22H25F2N3O4/c1-30-16-6-7-19(31-2)15(10-16)12-26-20(28)11-18-22(29)25-8-9-27(18)13-14-4-3-5-17(23)21(14)24/h3-7,10,18H,8-9,11-13H2,1-2H3,(H,25,29)(H,26,28)/t18-/m0/s1. The van der Waals surface area contributed by atoms with Crippen molar-refractivity contribution < 1.29 is 27.8 Å². The number of rotatable bonds is 8. The Morgan fingerprint density at radius 3 is 2.74 bits per heavy atom. The lowest BCUT2D eigenvalue weighted by Gasteiger charge is -2.34. The van der Waals surface area contributed by atoms with Crippen LogP contribution in [0.5, 0.6) is 11.5 Å². The van der Waals surface area contributed by atoms with E-state index in [4.69, 9.17) is 9.47 Å². The van der Waals surface area contributed by atoms with E-state index in [-0.39, 0.29) is 36.9 Å². The minimum absolute atomic E-state index is 0.0265. The molecule has 0 spiro atoms. The lowest BCUT2D eigenvalue weighted by atomic mass is 10.1. The number of carbonyl (C=O) groups is 2. The van der Waals surface area contributed by atoms with E-state index < -0.39 is 17.7 Å². The summed E-state index contributed by atoms with van der Waals surface area (Å²) in [6.45, 7) is 1.00. The van der Waals surface area contributed by atoms with E-state index >= 15 is 0 Å². The molecule has 2 aromatic rings. The third-order valence-corrected chi connectivity index (χ3v) is 5.19. The fourth-order valence-electron chi connectivity index (χ4n) is 3.52. The average molecular weight is 433 g/mol. The van der Waals surface area contributed by atoms with E-state index in [0.717, 1.165) is 11.6 Å². The zero-order chi connectivity index (χ0) is 22.4. The number of hydrogen-bond donors (Lipinski definition) is 2. The Balaban J connectivity index is 1.66. The Bertz CT molecular complexity index is 954. The Kier molecular flexibility index (Phi) is 7.41. The molecule has 0 radical (unpaired) electrons. The average Bonchev–Trinajstić information content (AvgIpc) is 2.77. The summed E-state index contributed by atoms with van der Waals surface area (Å²) >= 11 is 0. The Hall–Kier alpha value is -3.20. The molecular weight excluding hydrogens is 408 g/mol. The highest BCUT2D eigenvalue weighted by Gasteiger charge is 2.32. The van der Waals surface area contributed by atoms with Crippen LogP contribution in [-0.2, 0) is 22.7 Å². The zero-order valence-corrected chi connectivity index (χ0v) is 17.4. The van der Waals surface area contributed by atoms with Gasteiger partial charge in [-0.15, -0.1) is 0 Å². The largest absolute Gasteiger partial charge is 0.497 e. The van der Waals surface area contributed by atoms with E-state index in [0.29, 0.717) is 24.6 Å². The quantitative estimate of drug-likeness (QED) is 0.666. The number of nitrogens with zero attached hydrogens (tertiary/aromatic N) is 1. The van der Waals surface area contributed by atoms with E-state index in [1.165, 1.54) is 19.2 Å². The molecule has 166 valence electrons. The second kappa shape index (κ2) is 10.2. The van der Waals surface area contributed by atoms with Crippen molar-refractivity contribution in [2.45, 2.75) is 25.6 Å². The number of hydrogen-bond acceptors (Lipinski definition) is 5. The van der Waals surface area contributed by atoms with Gasteiger partial charge in [0.1, 0.15) is 11.5 Å². The number of ether oxygens (including phenoxy) is 2. The number of amides is 2. The van der Waals surface area contributed by atoms with Gasteiger partial charge in [-0.2, -0.15) is 0 Å². The second-order valence-corrected chi connectivity index (χ2v) is 7.15. The van der Waals surface area contributed by atoms with Crippen LogP contribution in [0.1, 0.15) is 17.5 Å². The van der Waals surface area contributed by atoms with Crippen LogP contribution in [0.3, 0.4) is 0 Å². The van der Waals surface area contributed by atoms with Gasteiger partial charge in [-0.25, -0.2) is 8.78 Å². The molecule has 1 aliphatic rings. The number of methoxy groups -OCH3 is 2. The van der Waals surface area contributed by atoms with Gasteiger partial charge in [0.2, 0.25) is 11.8 Å². The maximum absolute atomic E-state index is 14.1. The summed E-state index contributed by atoms with van der Waals surface area (Å²) in [4.78, 5) is 26.7. The van der Waals surface area contributed by atoms with Crippen LogP contribution in [0, 0.1) is 11.6 Å². The fraction of sp³-hybridized carbons (Fsp3) is 0.364. The fourth-order valence-corrected chi connectivity index (χ4v) is 3.52. The molecular formula is C22H25F2N3O4. The second-order valence-electron chi connectivity index (χ2n) is 7.15. The Morgan fingerprint density at radius 2 is 2.00 bits per heavy atom. The molecule has 31 heavy (non-hydrogen) atoms. The van der Waals surface area contributed by atoms with Gasteiger partial charge < -0.3 is 20.1 Å². The van der Waals surface area contributed by atoms with E-state index in [9.17, 15) is 18.4 Å². The van der Waals surface area contributed by atoms with Crippen molar-refractivity contribution >= 4 is 11.8 Å². The van der Waals surface area contributed by atoms with Gasteiger partial charge in [0.15, 0.2) is 11.6 Å². The molecule has 0 saturated carbocycles. The van der Waals surface area contributed by atoms with Gasteiger partial charge >= 0.3 is 0 Å². The summed E-state index contributed by atoms with van der Waals surface area (Å²) < 4.78 is 38.1. The van der Waals surface area contributed by atoms with E-state index in [2.05, 4.69) is 10.6 Å². The van der Waals surface area contributed by atoms with Crippen LogP contribution in [0.2, 0.25) is 0 Å². The molecule has 1 saturated heterocycles. The third-order valence-electron chi connectivity index (χ3n) is 5.19. The molecule has 9 heteroatoms. The number of piperazine rings is 1. The van der Waals surface area contributed by atoms with E-state index in [1.54, 1.807) is 30.2 Å². The number of carbonyl (C=O) groups excluding carboxylic acids is 2. The molecule has 0 aromatic heterocycles. The summed E-state index contributed by atoms with van der Waals surface area (Å²) in [5.74, 6) is -1.34. The monoisotopic (exact) mass is 433 g/mol. The van der Waals surface area contributed by atoms with Gasteiger partial charge in [-0.1, -0.05) is 12.1 Å². The lowest BCUT2D eigenvalue weighted by molar-refractivity contribution is -0.134.